The number of amides is 1. The molecule has 1 fully saturated rings. The van der Waals surface area contributed by atoms with E-state index in [1.54, 1.807) is 12.1 Å². The van der Waals surface area contributed by atoms with Gasteiger partial charge in [-0.15, -0.1) is 21.5 Å². The summed E-state index contributed by atoms with van der Waals surface area (Å²) in [6.07, 6.45) is 1.75. The fourth-order valence-electron chi connectivity index (χ4n) is 3.29. The second-order valence-electron chi connectivity index (χ2n) is 6.85. The Bertz CT molecular complexity index is 957. The average Bonchev–Trinajstić information content (AvgIpc) is 3.13. The highest BCUT2D eigenvalue weighted by atomic mass is 32.1. The molecule has 1 aliphatic heterocycles. The molecule has 1 atom stereocenters. The summed E-state index contributed by atoms with van der Waals surface area (Å²) in [6, 6.07) is 9.94. The first kappa shape index (κ1) is 18.5. The van der Waals surface area contributed by atoms with Gasteiger partial charge in [-0.3, -0.25) is 4.79 Å². The maximum absolute atomic E-state index is 13.1. The van der Waals surface area contributed by atoms with Crippen LogP contribution in [0.3, 0.4) is 0 Å². The van der Waals surface area contributed by atoms with Gasteiger partial charge in [0.25, 0.3) is 0 Å². The van der Waals surface area contributed by atoms with Gasteiger partial charge in [-0.1, -0.05) is 0 Å². The van der Waals surface area contributed by atoms with Gasteiger partial charge in [-0.05, 0) is 56.2 Å². The number of nitrogens with zero attached hydrogens (tertiary/aromatic N) is 4. The third-order valence-electron chi connectivity index (χ3n) is 4.76. The van der Waals surface area contributed by atoms with E-state index in [9.17, 15) is 9.18 Å². The van der Waals surface area contributed by atoms with E-state index in [0.29, 0.717) is 17.4 Å². The maximum atomic E-state index is 13.1. The Labute approximate surface area is 166 Å². The molecule has 0 saturated carbocycles. The van der Waals surface area contributed by atoms with Crippen LogP contribution in [0.25, 0.3) is 11.3 Å². The van der Waals surface area contributed by atoms with Crippen molar-refractivity contribution in [1.82, 2.24) is 15.2 Å². The van der Waals surface area contributed by atoms with E-state index in [0.717, 1.165) is 36.5 Å². The zero-order valence-electron chi connectivity index (χ0n) is 15.4. The number of anilines is 2. The lowest BCUT2D eigenvalue weighted by Gasteiger charge is -2.32. The predicted octanol–water partition coefficient (Wildman–Crippen LogP) is 3.90. The molecular weight excluding hydrogens is 377 g/mol. The monoisotopic (exact) mass is 397 g/mol. The van der Waals surface area contributed by atoms with E-state index in [4.69, 9.17) is 0 Å². The van der Waals surface area contributed by atoms with Crippen molar-refractivity contribution in [3.05, 3.63) is 53.3 Å². The second-order valence-corrected chi connectivity index (χ2v) is 7.71. The zero-order valence-corrected chi connectivity index (χ0v) is 16.2. The summed E-state index contributed by atoms with van der Waals surface area (Å²) in [7, 11) is 0. The van der Waals surface area contributed by atoms with Crippen LogP contribution in [0.4, 0.5) is 15.3 Å². The molecule has 0 radical (unpaired) electrons. The number of carbonyl (C=O) groups is 1. The van der Waals surface area contributed by atoms with Crippen LogP contribution in [0, 0.1) is 18.7 Å². The minimum absolute atomic E-state index is 0.00468. The lowest BCUT2D eigenvalue weighted by molar-refractivity contribution is -0.120. The summed E-state index contributed by atoms with van der Waals surface area (Å²) in [5.74, 6) is 0.346. The number of aromatic nitrogens is 3. The molecule has 1 amide bonds. The second kappa shape index (κ2) is 8.02. The highest BCUT2D eigenvalue weighted by molar-refractivity contribution is 7.13. The molecule has 28 heavy (non-hydrogen) atoms. The number of hydrogen-bond acceptors (Lipinski definition) is 6. The van der Waals surface area contributed by atoms with Crippen LogP contribution < -0.4 is 10.2 Å². The highest BCUT2D eigenvalue weighted by Gasteiger charge is 2.27. The summed E-state index contributed by atoms with van der Waals surface area (Å²) in [5.41, 5.74) is 2.41. The number of piperidine rings is 1. The summed E-state index contributed by atoms with van der Waals surface area (Å²) >= 11 is 1.44. The van der Waals surface area contributed by atoms with E-state index < -0.39 is 0 Å². The van der Waals surface area contributed by atoms with E-state index >= 15 is 0 Å². The van der Waals surface area contributed by atoms with E-state index in [1.165, 1.54) is 23.5 Å². The number of aryl methyl sites for hydroxylation is 1. The molecule has 1 N–H and O–H groups in total. The molecule has 0 spiro atoms. The first-order chi connectivity index (χ1) is 13.6. The smallest absolute Gasteiger partial charge is 0.231 e. The molecule has 1 unspecified atom stereocenters. The molecule has 1 saturated heterocycles. The average molecular weight is 397 g/mol. The van der Waals surface area contributed by atoms with Gasteiger partial charge in [0.1, 0.15) is 5.82 Å². The molecule has 3 heterocycles. The van der Waals surface area contributed by atoms with Gasteiger partial charge in [0.05, 0.1) is 17.3 Å². The predicted molar refractivity (Wildman–Crippen MR) is 108 cm³/mol. The molecule has 144 valence electrons. The van der Waals surface area contributed by atoms with Crippen molar-refractivity contribution in [1.29, 1.82) is 0 Å². The number of hydrogen-bond donors (Lipinski definition) is 1. The topological polar surface area (TPSA) is 71.0 Å². The van der Waals surface area contributed by atoms with Crippen molar-refractivity contribution in [2.75, 3.05) is 23.3 Å². The molecule has 3 aromatic rings. The third kappa shape index (κ3) is 4.17. The molecule has 0 aliphatic carbocycles. The van der Waals surface area contributed by atoms with Crippen LogP contribution in [-0.4, -0.2) is 34.2 Å². The quantitative estimate of drug-likeness (QED) is 0.723. The molecule has 1 aliphatic rings. The number of carbonyl (C=O) groups excluding carboxylic acids is 1. The van der Waals surface area contributed by atoms with Gasteiger partial charge in [0, 0.05) is 24.0 Å². The SMILES string of the molecule is Cc1csc(NC(=O)C2CCCN(c3ccc(-c4ccc(F)cc4)nn3)C2)n1. The molecule has 6 nitrogen and oxygen atoms in total. The minimum Gasteiger partial charge on any atom is -0.354 e. The van der Waals surface area contributed by atoms with Gasteiger partial charge in [-0.25, -0.2) is 9.37 Å². The Morgan fingerprint density at radius 1 is 1.21 bits per heavy atom. The minimum atomic E-state index is -0.279. The van der Waals surface area contributed by atoms with E-state index in [1.807, 2.05) is 24.4 Å². The third-order valence-corrected chi connectivity index (χ3v) is 5.63. The van der Waals surface area contributed by atoms with Crippen molar-refractivity contribution in [2.45, 2.75) is 19.8 Å². The number of benzene rings is 1. The molecule has 0 bridgehead atoms. The first-order valence-electron chi connectivity index (χ1n) is 9.16. The fraction of sp³-hybridized carbons (Fsp3) is 0.300. The van der Waals surface area contributed by atoms with Gasteiger partial charge in [0.2, 0.25) is 5.91 Å². The van der Waals surface area contributed by atoms with Crippen molar-refractivity contribution in [3.63, 3.8) is 0 Å². The van der Waals surface area contributed by atoms with Crippen molar-refractivity contribution in [3.8, 4) is 11.3 Å². The molecular formula is C20H20FN5OS. The highest BCUT2D eigenvalue weighted by Crippen LogP contribution is 2.25. The summed E-state index contributed by atoms with van der Waals surface area (Å²) in [6.45, 7) is 3.34. The Hall–Kier alpha value is -2.87. The number of rotatable bonds is 4. The fourth-order valence-corrected chi connectivity index (χ4v) is 3.98. The summed E-state index contributed by atoms with van der Waals surface area (Å²) < 4.78 is 13.1. The van der Waals surface area contributed by atoms with Crippen LogP contribution in [-0.2, 0) is 4.79 Å². The van der Waals surface area contributed by atoms with Gasteiger partial charge in [0.15, 0.2) is 10.9 Å². The van der Waals surface area contributed by atoms with Crippen molar-refractivity contribution in [2.24, 2.45) is 5.92 Å². The van der Waals surface area contributed by atoms with Crippen LogP contribution in [0.1, 0.15) is 18.5 Å². The standard InChI is InChI=1S/C20H20FN5OS/c1-13-12-28-20(22-13)23-19(27)15-3-2-10-26(11-15)18-9-8-17(24-25-18)14-4-6-16(21)7-5-14/h4-9,12,15H,2-3,10-11H2,1H3,(H,22,23,27). The van der Waals surface area contributed by atoms with Gasteiger partial charge >= 0.3 is 0 Å². The lowest BCUT2D eigenvalue weighted by Crippen LogP contribution is -2.41. The molecule has 1 aromatic carbocycles. The van der Waals surface area contributed by atoms with Gasteiger partial charge in [-0.2, -0.15) is 0 Å². The summed E-state index contributed by atoms with van der Waals surface area (Å²) in [4.78, 5) is 19.0. The molecule has 8 heteroatoms. The molecule has 4 rings (SSSR count). The normalized spacial score (nSPS) is 16.8. The Balaban J connectivity index is 1.42. The Morgan fingerprint density at radius 2 is 2.04 bits per heavy atom. The maximum Gasteiger partial charge on any atom is 0.231 e. The van der Waals surface area contributed by atoms with E-state index in [2.05, 4.69) is 25.4 Å². The summed E-state index contributed by atoms with van der Waals surface area (Å²) in [5, 5.41) is 14.1. The van der Waals surface area contributed by atoms with Crippen LogP contribution >= 0.6 is 11.3 Å². The first-order valence-corrected chi connectivity index (χ1v) is 10.0. The zero-order chi connectivity index (χ0) is 19.5. The van der Waals surface area contributed by atoms with Crippen LogP contribution in [0.2, 0.25) is 0 Å². The number of thiazole rings is 1. The van der Waals surface area contributed by atoms with Crippen molar-refractivity contribution >= 4 is 28.2 Å². The molecule has 2 aromatic heterocycles. The Morgan fingerprint density at radius 3 is 2.71 bits per heavy atom. The van der Waals surface area contributed by atoms with E-state index in [-0.39, 0.29) is 17.6 Å². The number of halogens is 1. The lowest BCUT2D eigenvalue weighted by atomic mass is 9.97. The largest absolute Gasteiger partial charge is 0.354 e. The Kier molecular flexibility index (Phi) is 5.29. The van der Waals surface area contributed by atoms with Gasteiger partial charge < -0.3 is 10.2 Å². The van der Waals surface area contributed by atoms with Crippen LogP contribution in [0.15, 0.2) is 41.8 Å². The van der Waals surface area contributed by atoms with Crippen LogP contribution in [0.5, 0.6) is 0 Å². The van der Waals surface area contributed by atoms with Crippen molar-refractivity contribution < 1.29 is 9.18 Å². The number of nitrogens with one attached hydrogen (secondary N) is 1.